The number of ether oxygens (including phenoxy) is 1. The molecule has 0 N–H and O–H groups in total. The lowest BCUT2D eigenvalue weighted by atomic mass is 10.2. The van der Waals surface area contributed by atoms with E-state index in [-0.39, 0.29) is 29.6 Å². The van der Waals surface area contributed by atoms with Crippen molar-refractivity contribution < 1.29 is 22.4 Å². The van der Waals surface area contributed by atoms with Crippen molar-refractivity contribution >= 4 is 27.3 Å². The first kappa shape index (κ1) is 21.0. The van der Waals surface area contributed by atoms with E-state index in [1.54, 1.807) is 49.5 Å². The van der Waals surface area contributed by atoms with Crippen LogP contribution in [0.2, 0.25) is 5.02 Å². The van der Waals surface area contributed by atoms with Crippen molar-refractivity contribution in [2.45, 2.75) is 10.6 Å². The molecule has 6 nitrogen and oxygen atoms in total. The first-order chi connectivity index (χ1) is 13.9. The average molecular weight is 434 g/mol. The molecule has 0 aliphatic heterocycles. The Morgan fingerprint density at radius 2 is 1.86 bits per heavy atom. The van der Waals surface area contributed by atoms with Gasteiger partial charge in [0.1, 0.15) is 12.4 Å². The summed E-state index contributed by atoms with van der Waals surface area (Å²) in [5.41, 5.74) is 0.321. The molecule has 0 bridgehead atoms. The minimum absolute atomic E-state index is 0.00904. The molecule has 1 aromatic heterocycles. The molecule has 3 rings (SSSR count). The number of benzene rings is 2. The van der Waals surface area contributed by atoms with Gasteiger partial charge in [-0.05, 0) is 36.4 Å². The average Bonchev–Trinajstić information content (AvgIpc) is 3.15. The smallest absolute Gasteiger partial charge is 0.289 e. The maximum Gasteiger partial charge on any atom is 0.289 e. The molecule has 0 saturated heterocycles. The van der Waals surface area contributed by atoms with Gasteiger partial charge in [0.15, 0.2) is 15.6 Å². The van der Waals surface area contributed by atoms with E-state index in [1.165, 1.54) is 29.4 Å². The third-order valence-electron chi connectivity index (χ3n) is 4.23. The van der Waals surface area contributed by atoms with E-state index in [0.29, 0.717) is 16.3 Å². The summed E-state index contributed by atoms with van der Waals surface area (Å²) >= 11 is 5.91. The molecule has 3 aromatic rings. The Balaban J connectivity index is 1.63. The van der Waals surface area contributed by atoms with Gasteiger partial charge in [0.25, 0.3) is 5.91 Å². The molecule has 0 unspecified atom stereocenters. The fourth-order valence-corrected chi connectivity index (χ4v) is 4.24. The zero-order chi connectivity index (χ0) is 20.9. The van der Waals surface area contributed by atoms with E-state index in [2.05, 4.69) is 0 Å². The van der Waals surface area contributed by atoms with Crippen molar-refractivity contribution in [2.24, 2.45) is 0 Å². The van der Waals surface area contributed by atoms with Crippen LogP contribution in [0.25, 0.3) is 0 Å². The number of carbonyl (C=O) groups is 1. The van der Waals surface area contributed by atoms with Gasteiger partial charge in [0, 0.05) is 17.6 Å². The number of hydrogen-bond acceptors (Lipinski definition) is 5. The summed E-state index contributed by atoms with van der Waals surface area (Å²) in [4.78, 5) is 14.3. The Hall–Kier alpha value is -2.77. The number of amides is 1. The Bertz CT molecular complexity index is 1080. The molecule has 0 fully saturated rings. The highest BCUT2D eigenvalue weighted by Gasteiger charge is 2.24. The fourth-order valence-electron chi connectivity index (χ4n) is 2.68. The van der Waals surface area contributed by atoms with Gasteiger partial charge in [-0.3, -0.25) is 4.79 Å². The van der Waals surface area contributed by atoms with Crippen LogP contribution in [0.15, 0.2) is 76.2 Å². The van der Waals surface area contributed by atoms with Crippen LogP contribution < -0.4 is 4.74 Å². The fraction of sp³-hybridized carbons (Fsp3) is 0.190. The summed E-state index contributed by atoms with van der Waals surface area (Å²) in [7, 11) is -1.99. The molecule has 0 aliphatic carbocycles. The number of hydrogen-bond donors (Lipinski definition) is 0. The van der Waals surface area contributed by atoms with E-state index >= 15 is 0 Å². The predicted molar refractivity (Wildman–Crippen MR) is 110 cm³/mol. The molecule has 152 valence electrons. The maximum absolute atomic E-state index is 12.7. The number of likely N-dealkylation sites (N-methyl/N-ethyl adjacent to an activating group) is 1. The van der Waals surface area contributed by atoms with Crippen molar-refractivity contribution in [3.05, 3.63) is 83.3 Å². The SMILES string of the molecule is CN(CCOc1cccc(Cl)c1)C(=O)c1occc1CS(=O)(=O)c1ccccc1. The lowest BCUT2D eigenvalue weighted by Crippen LogP contribution is -2.31. The van der Waals surface area contributed by atoms with E-state index in [0.717, 1.165) is 0 Å². The molecule has 0 aliphatic rings. The van der Waals surface area contributed by atoms with Crippen LogP contribution >= 0.6 is 11.6 Å². The Kier molecular flexibility index (Phi) is 6.61. The summed E-state index contributed by atoms with van der Waals surface area (Å²) in [5.74, 6) is -0.120. The first-order valence-corrected chi connectivity index (χ1v) is 10.9. The van der Waals surface area contributed by atoms with Crippen molar-refractivity contribution in [3.8, 4) is 5.75 Å². The molecular formula is C21H20ClNO5S. The number of sulfone groups is 1. The molecule has 0 radical (unpaired) electrons. The zero-order valence-electron chi connectivity index (χ0n) is 15.7. The molecule has 1 heterocycles. The van der Waals surface area contributed by atoms with E-state index in [9.17, 15) is 13.2 Å². The Morgan fingerprint density at radius 1 is 1.10 bits per heavy atom. The van der Waals surface area contributed by atoms with Gasteiger partial charge in [0.2, 0.25) is 0 Å². The lowest BCUT2D eigenvalue weighted by Gasteiger charge is -2.17. The van der Waals surface area contributed by atoms with Crippen molar-refractivity contribution in [1.82, 2.24) is 4.90 Å². The standard InChI is InChI=1S/C21H20ClNO5S/c1-23(11-13-27-18-7-5-6-17(22)14-18)21(24)20-16(10-12-28-20)15-29(25,26)19-8-3-2-4-9-19/h2-10,12,14H,11,13,15H2,1H3. The number of carbonyl (C=O) groups excluding carboxylic acids is 1. The normalized spacial score (nSPS) is 11.2. The highest BCUT2D eigenvalue weighted by Crippen LogP contribution is 2.21. The summed E-state index contributed by atoms with van der Waals surface area (Å²) in [6.45, 7) is 0.540. The quantitative estimate of drug-likeness (QED) is 0.535. The molecule has 0 atom stereocenters. The molecular weight excluding hydrogens is 414 g/mol. The van der Waals surface area contributed by atoms with Gasteiger partial charge in [-0.2, -0.15) is 0 Å². The van der Waals surface area contributed by atoms with Crippen molar-refractivity contribution in [2.75, 3.05) is 20.2 Å². The molecule has 1 amide bonds. The van der Waals surface area contributed by atoms with Crippen LogP contribution in [0.4, 0.5) is 0 Å². The highest BCUT2D eigenvalue weighted by molar-refractivity contribution is 7.90. The lowest BCUT2D eigenvalue weighted by molar-refractivity contribution is 0.0741. The van der Waals surface area contributed by atoms with E-state index in [4.69, 9.17) is 20.8 Å². The van der Waals surface area contributed by atoms with Gasteiger partial charge in [0.05, 0.1) is 23.5 Å². The number of nitrogens with zero attached hydrogens (tertiary/aromatic N) is 1. The van der Waals surface area contributed by atoms with E-state index < -0.39 is 15.7 Å². The first-order valence-electron chi connectivity index (χ1n) is 8.85. The monoisotopic (exact) mass is 433 g/mol. The van der Waals surface area contributed by atoms with Crippen LogP contribution in [0.1, 0.15) is 16.1 Å². The van der Waals surface area contributed by atoms with Gasteiger partial charge in [-0.15, -0.1) is 0 Å². The number of furan rings is 1. The van der Waals surface area contributed by atoms with Crippen molar-refractivity contribution in [1.29, 1.82) is 0 Å². The van der Waals surface area contributed by atoms with Gasteiger partial charge in [-0.25, -0.2) is 8.42 Å². The second-order valence-corrected chi connectivity index (χ2v) is 8.81. The largest absolute Gasteiger partial charge is 0.492 e. The third kappa shape index (κ3) is 5.40. The zero-order valence-corrected chi connectivity index (χ0v) is 17.3. The second-order valence-electron chi connectivity index (χ2n) is 6.38. The molecule has 8 heteroatoms. The highest BCUT2D eigenvalue weighted by atomic mass is 35.5. The van der Waals surface area contributed by atoms with Crippen LogP contribution in [0.3, 0.4) is 0 Å². The molecule has 2 aromatic carbocycles. The van der Waals surface area contributed by atoms with Crippen LogP contribution in [0.5, 0.6) is 5.75 Å². The van der Waals surface area contributed by atoms with Gasteiger partial charge in [-0.1, -0.05) is 35.9 Å². The van der Waals surface area contributed by atoms with Gasteiger partial charge < -0.3 is 14.1 Å². The number of rotatable bonds is 8. The molecule has 0 saturated carbocycles. The second kappa shape index (κ2) is 9.15. The maximum atomic E-state index is 12.7. The Labute approximate surface area is 174 Å². The summed E-state index contributed by atoms with van der Waals surface area (Å²) in [6, 6.07) is 16.6. The van der Waals surface area contributed by atoms with E-state index in [1.807, 2.05) is 0 Å². The third-order valence-corrected chi connectivity index (χ3v) is 6.14. The summed E-state index contributed by atoms with van der Waals surface area (Å²) < 4.78 is 36.1. The molecule has 29 heavy (non-hydrogen) atoms. The van der Waals surface area contributed by atoms with Gasteiger partial charge >= 0.3 is 0 Å². The predicted octanol–water partition coefficient (Wildman–Crippen LogP) is 4.06. The summed E-state index contributed by atoms with van der Waals surface area (Å²) in [6.07, 6.45) is 1.32. The van der Waals surface area contributed by atoms with Crippen LogP contribution in [-0.4, -0.2) is 39.4 Å². The van der Waals surface area contributed by atoms with Crippen molar-refractivity contribution in [3.63, 3.8) is 0 Å². The van der Waals surface area contributed by atoms with Crippen LogP contribution in [0, 0.1) is 0 Å². The van der Waals surface area contributed by atoms with Crippen LogP contribution in [-0.2, 0) is 15.6 Å². The minimum Gasteiger partial charge on any atom is -0.492 e. The summed E-state index contributed by atoms with van der Waals surface area (Å²) in [5, 5.41) is 0.562. The number of halogens is 1. The minimum atomic E-state index is -3.59. The Morgan fingerprint density at radius 3 is 2.59 bits per heavy atom. The molecule has 0 spiro atoms. The topological polar surface area (TPSA) is 76.8 Å².